The molecule has 0 aliphatic carbocycles. The average Bonchev–Trinajstić information content (AvgIpc) is 2.59. The summed E-state index contributed by atoms with van der Waals surface area (Å²) in [6.45, 7) is 11.5. The molecule has 1 aliphatic rings. The second-order valence-corrected chi connectivity index (χ2v) is 7.84. The van der Waals surface area contributed by atoms with Gasteiger partial charge in [0, 0.05) is 44.2 Å². The molecule has 0 radical (unpaired) electrons. The van der Waals surface area contributed by atoms with Crippen LogP contribution < -0.4 is 10.6 Å². The van der Waals surface area contributed by atoms with Crippen LogP contribution in [-0.2, 0) is 5.41 Å². The van der Waals surface area contributed by atoms with Crippen LogP contribution >= 0.6 is 24.0 Å². The van der Waals surface area contributed by atoms with Crippen LogP contribution in [0.4, 0.5) is 4.39 Å². The van der Waals surface area contributed by atoms with Gasteiger partial charge >= 0.3 is 0 Å². The van der Waals surface area contributed by atoms with Gasteiger partial charge in [-0.25, -0.2) is 4.39 Å². The SMILES string of the molecule is CN=C(NCC(C)(C)c1ccccc1F)NC1CCN(C(C)C)CC1.I. The van der Waals surface area contributed by atoms with Gasteiger partial charge in [0.2, 0.25) is 0 Å². The standard InChI is InChI=1S/C20H33FN4.HI/c1-15(2)25-12-10-16(11-13-25)24-19(22-5)23-14-20(3,4)17-8-6-7-9-18(17)21;/h6-9,15-16H,10-14H2,1-5H3,(H2,22,23,24);1H. The van der Waals surface area contributed by atoms with Crippen LogP contribution in [0.1, 0.15) is 46.1 Å². The molecule has 1 fully saturated rings. The minimum absolute atomic E-state index is 0. The molecule has 26 heavy (non-hydrogen) atoms. The van der Waals surface area contributed by atoms with Crippen molar-refractivity contribution >= 4 is 29.9 Å². The molecule has 0 spiro atoms. The van der Waals surface area contributed by atoms with E-state index in [0.29, 0.717) is 18.6 Å². The van der Waals surface area contributed by atoms with Crippen LogP contribution in [0.3, 0.4) is 0 Å². The quantitative estimate of drug-likeness (QED) is 0.386. The van der Waals surface area contributed by atoms with Crippen LogP contribution in [0.5, 0.6) is 0 Å². The molecule has 1 aliphatic heterocycles. The molecule has 1 saturated heterocycles. The molecular weight excluding hydrogens is 442 g/mol. The number of likely N-dealkylation sites (tertiary alicyclic amines) is 1. The van der Waals surface area contributed by atoms with Crippen molar-refractivity contribution in [3.63, 3.8) is 0 Å². The second kappa shape index (κ2) is 10.4. The van der Waals surface area contributed by atoms with Gasteiger partial charge in [-0.05, 0) is 38.3 Å². The molecule has 6 heteroatoms. The molecule has 4 nitrogen and oxygen atoms in total. The lowest BCUT2D eigenvalue weighted by Crippen LogP contribution is -2.51. The maximum atomic E-state index is 14.1. The number of hydrogen-bond acceptors (Lipinski definition) is 2. The minimum atomic E-state index is -0.316. The summed E-state index contributed by atoms with van der Waals surface area (Å²) in [7, 11) is 1.79. The highest BCUT2D eigenvalue weighted by Gasteiger charge is 2.25. The van der Waals surface area contributed by atoms with Crippen LogP contribution in [-0.4, -0.2) is 49.6 Å². The topological polar surface area (TPSA) is 39.7 Å². The third-order valence-corrected chi connectivity index (χ3v) is 5.13. The fraction of sp³-hybridized carbons (Fsp3) is 0.650. The summed E-state index contributed by atoms with van der Waals surface area (Å²) in [6, 6.07) is 8.04. The van der Waals surface area contributed by atoms with Crippen molar-refractivity contribution in [3.05, 3.63) is 35.6 Å². The van der Waals surface area contributed by atoms with E-state index in [1.165, 1.54) is 6.07 Å². The van der Waals surface area contributed by atoms with Crippen LogP contribution in [0.25, 0.3) is 0 Å². The van der Waals surface area contributed by atoms with Crippen LogP contribution in [0.2, 0.25) is 0 Å². The van der Waals surface area contributed by atoms with Crippen LogP contribution in [0, 0.1) is 5.82 Å². The second-order valence-electron chi connectivity index (χ2n) is 7.84. The Labute approximate surface area is 175 Å². The lowest BCUT2D eigenvalue weighted by atomic mass is 9.84. The van der Waals surface area contributed by atoms with Gasteiger partial charge in [-0.1, -0.05) is 32.0 Å². The number of piperidine rings is 1. The van der Waals surface area contributed by atoms with E-state index >= 15 is 0 Å². The predicted molar refractivity (Wildman–Crippen MR) is 119 cm³/mol. The largest absolute Gasteiger partial charge is 0.356 e. The van der Waals surface area contributed by atoms with Crippen molar-refractivity contribution in [1.29, 1.82) is 0 Å². The van der Waals surface area contributed by atoms with Gasteiger partial charge < -0.3 is 15.5 Å². The zero-order chi connectivity index (χ0) is 18.4. The molecule has 0 atom stereocenters. The summed E-state index contributed by atoms with van der Waals surface area (Å²) in [6.07, 6.45) is 2.24. The van der Waals surface area contributed by atoms with E-state index in [0.717, 1.165) is 37.5 Å². The fourth-order valence-electron chi connectivity index (χ4n) is 3.36. The summed E-state index contributed by atoms with van der Waals surface area (Å²) in [4.78, 5) is 6.85. The summed E-state index contributed by atoms with van der Waals surface area (Å²) < 4.78 is 14.1. The summed E-state index contributed by atoms with van der Waals surface area (Å²) in [5.41, 5.74) is 0.410. The molecular formula is C20H34FIN4. The van der Waals surface area contributed by atoms with E-state index in [1.807, 2.05) is 26.0 Å². The summed E-state index contributed by atoms with van der Waals surface area (Å²) in [5.74, 6) is 0.644. The lowest BCUT2D eigenvalue weighted by Gasteiger charge is -2.35. The average molecular weight is 476 g/mol. The Morgan fingerprint density at radius 3 is 2.42 bits per heavy atom. The molecule has 1 heterocycles. The maximum Gasteiger partial charge on any atom is 0.191 e. The highest BCUT2D eigenvalue weighted by atomic mass is 127. The normalized spacial score (nSPS) is 17.1. The predicted octanol–water partition coefficient (Wildman–Crippen LogP) is 3.76. The molecule has 0 amide bonds. The van der Waals surface area contributed by atoms with E-state index in [-0.39, 0.29) is 35.2 Å². The Morgan fingerprint density at radius 1 is 1.27 bits per heavy atom. The van der Waals surface area contributed by atoms with Gasteiger partial charge in [-0.15, -0.1) is 24.0 Å². The van der Waals surface area contributed by atoms with E-state index in [9.17, 15) is 4.39 Å². The number of halogens is 2. The van der Waals surface area contributed by atoms with Crippen molar-refractivity contribution in [2.24, 2.45) is 4.99 Å². The van der Waals surface area contributed by atoms with E-state index < -0.39 is 0 Å². The number of rotatable bonds is 5. The molecule has 1 aromatic carbocycles. The molecule has 0 unspecified atom stereocenters. The summed E-state index contributed by atoms with van der Waals surface area (Å²) >= 11 is 0. The first-order chi connectivity index (χ1) is 11.8. The van der Waals surface area contributed by atoms with Gasteiger partial charge in [0.25, 0.3) is 0 Å². The van der Waals surface area contributed by atoms with Gasteiger partial charge in [0.05, 0.1) is 0 Å². The third kappa shape index (κ3) is 6.37. The van der Waals surface area contributed by atoms with Gasteiger partial charge in [-0.3, -0.25) is 4.99 Å². The fourth-order valence-corrected chi connectivity index (χ4v) is 3.36. The molecule has 0 aromatic heterocycles. The van der Waals surface area contributed by atoms with Gasteiger partial charge in [0.15, 0.2) is 5.96 Å². The van der Waals surface area contributed by atoms with Crippen LogP contribution in [0.15, 0.2) is 29.3 Å². The zero-order valence-corrected chi connectivity index (χ0v) is 19.0. The number of hydrogen-bond donors (Lipinski definition) is 2. The molecule has 2 N–H and O–H groups in total. The maximum absolute atomic E-state index is 14.1. The Morgan fingerprint density at radius 2 is 1.88 bits per heavy atom. The molecule has 0 saturated carbocycles. The van der Waals surface area contributed by atoms with E-state index in [1.54, 1.807) is 13.1 Å². The number of nitrogens with one attached hydrogen (secondary N) is 2. The number of benzene rings is 1. The first-order valence-corrected chi connectivity index (χ1v) is 9.29. The first kappa shape index (κ1) is 23.1. The molecule has 1 aromatic rings. The van der Waals surface area contributed by atoms with Crippen molar-refractivity contribution in [2.75, 3.05) is 26.7 Å². The van der Waals surface area contributed by atoms with E-state index in [4.69, 9.17) is 0 Å². The monoisotopic (exact) mass is 476 g/mol. The number of nitrogens with zero attached hydrogens (tertiary/aromatic N) is 2. The first-order valence-electron chi connectivity index (χ1n) is 9.29. The minimum Gasteiger partial charge on any atom is -0.356 e. The molecule has 148 valence electrons. The molecule has 0 bridgehead atoms. The molecule has 2 rings (SSSR count). The lowest BCUT2D eigenvalue weighted by molar-refractivity contribution is 0.167. The Balaban J connectivity index is 0.00000338. The van der Waals surface area contributed by atoms with Crippen molar-refractivity contribution in [1.82, 2.24) is 15.5 Å². The zero-order valence-electron chi connectivity index (χ0n) is 16.7. The number of aliphatic imine (C=N–C) groups is 1. The smallest absolute Gasteiger partial charge is 0.191 e. The highest BCUT2D eigenvalue weighted by molar-refractivity contribution is 14.0. The highest BCUT2D eigenvalue weighted by Crippen LogP contribution is 2.24. The van der Waals surface area contributed by atoms with E-state index in [2.05, 4.69) is 34.4 Å². The van der Waals surface area contributed by atoms with Crippen molar-refractivity contribution in [2.45, 2.75) is 58.0 Å². The Bertz CT molecular complexity index is 581. The Hall–Kier alpha value is -0.890. The summed E-state index contributed by atoms with van der Waals surface area (Å²) in [5, 5.41) is 6.90. The number of guanidine groups is 1. The Kier molecular flexibility index (Phi) is 9.30. The van der Waals surface area contributed by atoms with Gasteiger partial charge in [0.1, 0.15) is 5.82 Å². The van der Waals surface area contributed by atoms with Crippen molar-refractivity contribution in [3.8, 4) is 0 Å². The third-order valence-electron chi connectivity index (χ3n) is 5.13. The van der Waals surface area contributed by atoms with Crippen molar-refractivity contribution < 1.29 is 4.39 Å². The van der Waals surface area contributed by atoms with Gasteiger partial charge in [-0.2, -0.15) is 0 Å².